The molecule has 0 spiro atoms. The summed E-state index contributed by atoms with van der Waals surface area (Å²) in [4.78, 5) is 0. The first kappa shape index (κ1) is 42.0. The monoisotopic (exact) mass is 633 g/mol. The average molecular weight is 634 g/mol. The van der Waals surface area contributed by atoms with Gasteiger partial charge < -0.3 is 17.0 Å². The van der Waals surface area contributed by atoms with Crippen molar-refractivity contribution < 1.29 is 17.0 Å². The minimum absolute atomic E-state index is 0. The van der Waals surface area contributed by atoms with Gasteiger partial charge in [0.15, 0.2) is 0 Å². The molecule has 0 aromatic heterocycles. The highest BCUT2D eigenvalue weighted by atomic mass is 79.9. The Labute approximate surface area is 261 Å². The van der Waals surface area contributed by atoms with E-state index in [0.29, 0.717) is 0 Å². The molecule has 39 heavy (non-hydrogen) atoms. The fraction of sp³-hybridized carbons (Fsp3) is 1.00. The molecule has 0 saturated carbocycles. The Morgan fingerprint density at radius 2 is 0.385 bits per heavy atom. The zero-order valence-electron chi connectivity index (χ0n) is 28.2. The molecule has 0 N–H and O–H groups in total. The van der Waals surface area contributed by atoms with Gasteiger partial charge in [0.1, 0.15) is 0 Å². The van der Waals surface area contributed by atoms with Crippen molar-refractivity contribution in [2.24, 2.45) is 0 Å². The Hall–Kier alpha value is 0.910. The molecule has 0 rings (SSSR count). The molecular weight excluding hydrogens is 555 g/mol. The second-order valence-electron chi connectivity index (χ2n) is 13.1. The molecule has 0 saturated heterocycles. The van der Waals surface area contributed by atoms with Crippen LogP contribution in [0, 0.1) is 0 Å². The summed E-state index contributed by atoms with van der Waals surface area (Å²) in [5.74, 6) is 0. The van der Waals surface area contributed by atoms with Crippen LogP contribution >= 0.6 is 7.26 Å². The second-order valence-corrected chi connectivity index (χ2v) is 17.5. The lowest BCUT2D eigenvalue weighted by atomic mass is 10.0. The molecule has 0 aromatic rings. The fourth-order valence-electron chi connectivity index (χ4n) is 6.46. The minimum atomic E-state index is -0.727. The van der Waals surface area contributed by atoms with E-state index in [1.807, 2.05) is 0 Å². The van der Waals surface area contributed by atoms with Crippen LogP contribution in [0.2, 0.25) is 0 Å². The highest BCUT2D eigenvalue weighted by molar-refractivity contribution is 7.75. The summed E-state index contributed by atoms with van der Waals surface area (Å²) < 4.78 is 0. The third-order valence-corrected chi connectivity index (χ3v) is 14.3. The molecule has 0 nitrogen and oxygen atoms in total. The molecule has 0 unspecified atom stereocenters. The quantitative estimate of drug-likeness (QED) is 0.0498. The van der Waals surface area contributed by atoms with Crippen LogP contribution in [-0.2, 0) is 0 Å². The molecule has 0 bridgehead atoms. The van der Waals surface area contributed by atoms with Crippen molar-refractivity contribution in [2.45, 2.75) is 214 Å². The molecule has 0 amide bonds. The predicted molar refractivity (Wildman–Crippen MR) is 183 cm³/mol. The van der Waals surface area contributed by atoms with Crippen molar-refractivity contribution in [3.05, 3.63) is 0 Å². The number of hydrogen-bond donors (Lipinski definition) is 0. The molecule has 0 aliphatic rings. The number of unbranched alkanes of at least 4 members (excludes halogenated alkanes) is 25. The molecule has 238 valence electrons. The molecule has 0 heterocycles. The molecule has 0 atom stereocenters. The first-order valence-electron chi connectivity index (χ1n) is 18.6. The van der Waals surface area contributed by atoms with Crippen LogP contribution in [0.4, 0.5) is 0 Å². The van der Waals surface area contributed by atoms with Gasteiger partial charge in [0.25, 0.3) is 0 Å². The van der Waals surface area contributed by atoms with Crippen LogP contribution in [0.25, 0.3) is 0 Å². The van der Waals surface area contributed by atoms with Gasteiger partial charge in [0.05, 0.1) is 24.6 Å². The van der Waals surface area contributed by atoms with Gasteiger partial charge in [-0.15, -0.1) is 0 Å². The van der Waals surface area contributed by atoms with Crippen LogP contribution < -0.4 is 17.0 Å². The van der Waals surface area contributed by atoms with Crippen LogP contribution in [0.15, 0.2) is 0 Å². The average Bonchev–Trinajstić information content (AvgIpc) is 2.93. The highest BCUT2D eigenvalue weighted by Gasteiger charge is 2.34. The van der Waals surface area contributed by atoms with Gasteiger partial charge in [0.2, 0.25) is 0 Å². The van der Waals surface area contributed by atoms with Crippen molar-refractivity contribution in [3.8, 4) is 0 Å². The summed E-state index contributed by atoms with van der Waals surface area (Å²) in [6.07, 6.45) is 49.6. The van der Waals surface area contributed by atoms with E-state index in [-0.39, 0.29) is 17.0 Å². The van der Waals surface area contributed by atoms with E-state index >= 15 is 0 Å². The Bertz CT molecular complexity index is 388. The zero-order valence-corrected chi connectivity index (χ0v) is 30.6. The summed E-state index contributed by atoms with van der Waals surface area (Å²) in [7, 11) is -0.727. The van der Waals surface area contributed by atoms with E-state index in [2.05, 4.69) is 27.7 Å². The Morgan fingerprint density at radius 1 is 0.231 bits per heavy atom. The maximum Gasteiger partial charge on any atom is 0.0594 e. The largest absolute Gasteiger partial charge is 1.00 e. The smallest absolute Gasteiger partial charge is 0.0594 e. The lowest BCUT2D eigenvalue weighted by Crippen LogP contribution is -3.00. The number of hydrogen-bond acceptors (Lipinski definition) is 0. The van der Waals surface area contributed by atoms with Gasteiger partial charge >= 0.3 is 0 Å². The van der Waals surface area contributed by atoms with Gasteiger partial charge in [0, 0.05) is 7.26 Å². The van der Waals surface area contributed by atoms with Crippen molar-refractivity contribution in [1.29, 1.82) is 0 Å². The van der Waals surface area contributed by atoms with Crippen molar-refractivity contribution in [3.63, 3.8) is 0 Å². The van der Waals surface area contributed by atoms with Gasteiger partial charge in [-0.2, -0.15) is 0 Å². The van der Waals surface area contributed by atoms with E-state index < -0.39 is 7.26 Å². The predicted octanol–water partition coefficient (Wildman–Crippen LogP) is 11.4. The van der Waals surface area contributed by atoms with Crippen LogP contribution in [0.3, 0.4) is 0 Å². The van der Waals surface area contributed by atoms with Gasteiger partial charge in [-0.3, -0.25) is 0 Å². The first-order valence-corrected chi connectivity index (χ1v) is 21.1. The Kier molecular flexibility index (Phi) is 37.8. The van der Waals surface area contributed by atoms with Crippen molar-refractivity contribution >= 4 is 7.26 Å². The SMILES string of the molecule is CCCCCCCCCCCCCCCC[P+](CCCCCCC)(CCCCCCC)CCCCCCC.[Br-]. The molecule has 2 heteroatoms. The highest BCUT2D eigenvalue weighted by Crippen LogP contribution is 2.61. The molecular formula is C37H78BrP. The second kappa shape index (κ2) is 35.1. The fourth-order valence-corrected chi connectivity index (χ4v) is 11.4. The lowest BCUT2D eigenvalue weighted by molar-refractivity contribution is -0.00000865. The van der Waals surface area contributed by atoms with E-state index in [4.69, 9.17) is 0 Å². The first-order chi connectivity index (χ1) is 18.7. The third-order valence-electron chi connectivity index (χ3n) is 9.19. The summed E-state index contributed by atoms with van der Waals surface area (Å²) >= 11 is 0. The lowest BCUT2D eigenvalue weighted by Gasteiger charge is -2.28. The minimum Gasteiger partial charge on any atom is -1.00 e. The van der Waals surface area contributed by atoms with Gasteiger partial charge in [-0.25, -0.2) is 0 Å². The molecule has 0 aliphatic carbocycles. The van der Waals surface area contributed by atoms with Crippen LogP contribution in [0.1, 0.15) is 214 Å². The van der Waals surface area contributed by atoms with Crippen molar-refractivity contribution in [2.75, 3.05) is 24.6 Å². The van der Waals surface area contributed by atoms with E-state index in [1.54, 1.807) is 50.3 Å². The molecule has 0 aliphatic heterocycles. The zero-order chi connectivity index (χ0) is 27.8. The maximum absolute atomic E-state index is 2.36. The van der Waals surface area contributed by atoms with E-state index in [1.165, 1.54) is 161 Å². The van der Waals surface area contributed by atoms with E-state index in [9.17, 15) is 0 Å². The Balaban J connectivity index is 0. The molecule has 0 radical (unpaired) electrons. The molecule has 0 aromatic carbocycles. The Morgan fingerprint density at radius 3 is 0.564 bits per heavy atom. The standard InChI is InChI=1S/C37H78P.BrH/c1-5-9-13-17-18-19-20-21-22-23-24-25-29-33-37-38(34-30-26-14-10-6-2,35-31-27-15-11-7-3)36-32-28-16-12-8-4;/h5-37H2,1-4H3;1H/q+1;/p-1. The maximum atomic E-state index is 2.36. The summed E-state index contributed by atoms with van der Waals surface area (Å²) in [6, 6.07) is 0. The van der Waals surface area contributed by atoms with Gasteiger partial charge in [-0.1, -0.05) is 163 Å². The topological polar surface area (TPSA) is 0 Å². The third kappa shape index (κ3) is 30.2. The summed E-state index contributed by atoms with van der Waals surface area (Å²) in [6.45, 7) is 9.40. The van der Waals surface area contributed by atoms with Crippen molar-refractivity contribution in [1.82, 2.24) is 0 Å². The number of rotatable bonds is 33. The summed E-state index contributed by atoms with van der Waals surface area (Å²) in [5.41, 5.74) is 0. The summed E-state index contributed by atoms with van der Waals surface area (Å²) in [5, 5.41) is 0. The van der Waals surface area contributed by atoms with Gasteiger partial charge in [-0.05, 0) is 51.4 Å². The molecule has 0 fully saturated rings. The van der Waals surface area contributed by atoms with Crippen LogP contribution in [0.5, 0.6) is 0 Å². The van der Waals surface area contributed by atoms with Crippen LogP contribution in [-0.4, -0.2) is 24.6 Å². The normalized spacial score (nSPS) is 11.7. The van der Waals surface area contributed by atoms with E-state index in [0.717, 1.165) is 0 Å². The number of halogens is 1.